The quantitative estimate of drug-likeness (QED) is 0.917. The Bertz CT molecular complexity index is 633. The Balaban J connectivity index is 1.63. The van der Waals surface area contributed by atoms with Gasteiger partial charge < -0.3 is 5.32 Å². The lowest BCUT2D eigenvalue weighted by Gasteiger charge is -2.34. The van der Waals surface area contributed by atoms with Crippen molar-refractivity contribution in [3.8, 4) is 0 Å². The molecule has 0 radical (unpaired) electrons. The summed E-state index contributed by atoms with van der Waals surface area (Å²) in [5.41, 5.74) is 2.27. The molecule has 5 nitrogen and oxygen atoms in total. The van der Waals surface area contributed by atoms with E-state index in [1.54, 1.807) is 0 Å². The van der Waals surface area contributed by atoms with Gasteiger partial charge in [0.1, 0.15) is 11.6 Å². The van der Waals surface area contributed by atoms with Crippen molar-refractivity contribution in [2.75, 3.05) is 24.5 Å². The van der Waals surface area contributed by atoms with Crippen molar-refractivity contribution in [1.29, 1.82) is 0 Å². The number of fused-ring (bicyclic) bond motifs is 1. The highest BCUT2D eigenvalue weighted by Crippen LogP contribution is 2.33. The molecule has 1 N–H and O–H groups in total. The summed E-state index contributed by atoms with van der Waals surface area (Å²) >= 11 is 0. The number of hydrogen-bond acceptors (Lipinski definition) is 4. The van der Waals surface area contributed by atoms with Crippen LogP contribution in [0.25, 0.3) is 0 Å². The third-order valence-electron chi connectivity index (χ3n) is 6.18. The van der Waals surface area contributed by atoms with Gasteiger partial charge in [0.15, 0.2) is 0 Å². The maximum atomic E-state index is 12.7. The lowest BCUT2D eigenvalue weighted by molar-refractivity contribution is -0.119. The number of nitrogens with one attached hydrogen (secondary N) is 1. The Morgan fingerprint density at radius 1 is 1.08 bits per heavy atom. The molecule has 2 fully saturated rings. The molecule has 0 spiro atoms. The van der Waals surface area contributed by atoms with Crippen LogP contribution in [0.2, 0.25) is 0 Å². The van der Waals surface area contributed by atoms with Crippen molar-refractivity contribution in [2.24, 2.45) is 5.92 Å². The van der Waals surface area contributed by atoms with Crippen LogP contribution in [0.4, 0.5) is 5.82 Å². The second kappa shape index (κ2) is 7.40. The number of rotatable bonds is 3. The monoisotopic (exact) mass is 342 g/mol. The molecular formula is C20H30N4O. The average molecular weight is 342 g/mol. The van der Waals surface area contributed by atoms with E-state index in [1.165, 1.54) is 44.1 Å². The van der Waals surface area contributed by atoms with E-state index in [4.69, 9.17) is 9.97 Å². The molecule has 25 heavy (non-hydrogen) atoms. The standard InChI is InChI=1S/C20H30N4O/c1-14-17-9-10-18(25)24(13-15-6-3-2-4-7-15)20(17)23-19(22-14)16-8-5-11-21-12-16/h15-16,21H,2-13H2,1H3. The van der Waals surface area contributed by atoms with Gasteiger partial charge in [-0.25, -0.2) is 9.97 Å². The van der Waals surface area contributed by atoms with E-state index in [0.717, 1.165) is 49.8 Å². The molecule has 5 heteroatoms. The summed E-state index contributed by atoms with van der Waals surface area (Å²) < 4.78 is 0. The number of aromatic nitrogens is 2. The largest absolute Gasteiger partial charge is 0.316 e. The molecule has 0 aromatic carbocycles. The molecule has 1 aromatic heterocycles. The zero-order chi connectivity index (χ0) is 17.2. The fourth-order valence-corrected chi connectivity index (χ4v) is 4.67. The first-order valence-electron chi connectivity index (χ1n) is 10.1. The first-order valence-corrected chi connectivity index (χ1v) is 10.1. The third-order valence-corrected chi connectivity index (χ3v) is 6.18. The number of nitrogens with zero attached hydrogens (tertiary/aromatic N) is 3. The van der Waals surface area contributed by atoms with E-state index in [9.17, 15) is 4.79 Å². The fraction of sp³-hybridized carbons (Fsp3) is 0.750. The Hall–Kier alpha value is -1.49. The number of amides is 1. The van der Waals surface area contributed by atoms with Gasteiger partial charge in [-0.15, -0.1) is 0 Å². The maximum absolute atomic E-state index is 12.7. The molecule has 1 unspecified atom stereocenters. The lowest BCUT2D eigenvalue weighted by atomic mass is 9.88. The fourth-order valence-electron chi connectivity index (χ4n) is 4.67. The minimum atomic E-state index is 0.254. The smallest absolute Gasteiger partial charge is 0.228 e. The van der Waals surface area contributed by atoms with Gasteiger partial charge in [-0.3, -0.25) is 9.69 Å². The number of aryl methyl sites for hydroxylation is 1. The molecule has 1 saturated carbocycles. The van der Waals surface area contributed by atoms with Gasteiger partial charge in [-0.2, -0.15) is 0 Å². The zero-order valence-electron chi connectivity index (χ0n) is 15.4. The van der Waals surface area contributed by atoms with Gasteiger partial charge in [0.2, 0.25) is 5.91 Å². The molecule has 1 amide bonds. The second-order valence-corrected chi connectivity index (χ2v) is 8.02. The lowest BCUT2D eigenvalue weighted by Crippen LogP contribution is -2.41. The van der Waals surface area contributed by atoms with Gasteiger partial charge in [0, 0.05) is 36.7 Å². The predicted octanol–water partition coefficient (Wildman–Crippen LogP) is 3.11. The Labute approximate surface area is 150 Å². The van der Waals surface area contributed by atoms with Gasteiger partial charge in [-0.05, 0) is 51.5 Å². The van der Waals surface area contributed by atoms with Crippen LogP contribution >= 0.6 is 0 Å². The molecule has 0 bridgehead atoms. The first-order chi connectivity index (χ1) is 12.2. The van der Waals surface area contributed by atoms with Crippen LogP contribution in [-0.4, -0.2) is 35.5 Å². The normalized spacial score (nSPS) is 25.1. The van der Waals surface area contributed by atoms with Gasteiger partial charge in [0.25, 0.3) is 0 Å². The molecule has 3 heterocycles. The minimum Gasteiger partial charge on any atom is -0.316 e. The summed E-state index contributed by atoms with van der Waals surface area (Å²) in [6, 6.07) is 0. The van der Waals surface area contributed by atoms with Gasteiger partial charge in [0.05, 0.1) is 0 Å². The minimum absolute atomic E-state index is 0.254. The summed E-state index contributed by atoms with van der Waals surface area (Å²) in [6.45, 7) is 4.99. The van der Waals surface area contributed by atoms with Crippen molar-refractivity contribution in [3.05, 3.63) is 17.1 Å². The second-order valence-electron chi connectivity index (χ2n) is 8.02. The SMILES string of the molecule is Cc1nc(C2CCCNC2)nc2c1CCC(=O)N2CC1CCCCC1. The van der Waals surface area contributed by atoms with Crippen molar-refractivity contribution in [2.45, 2.75) is 70.6 Å². The Morgan fingerprint density at radius 3 is 2.68 bits per heavy atom. The average Bonchev–Trinajstić information content (AvgIpc) is 2.65. The number of piperidine rings is 1. The van der Waals surface area contributed by atoms with E-state index in [-0.39, 0.29) is 5.91 Å². The highest BCUT2D eigenvalue weighted by molar-refractivity contribution is 5.95. The molecule has 1 aromatic rings. The number of hydrogen-bond donors (Lipinski definition) is 1. The summed E-state index contributed by atoms with van der Waals surface area (Å²) in [5.74, 6) is 3.13. The van der Waals surface area contributed by atoms with Crippen LogP contribution in [-0.2, 0) is 11.2 Å². The molecule has 136 valence electrons. The van der Waals surface area contributed by atoms with E-state index in [2.05, 4.69) is 12.2 Å². The van der Waals surface area contributed by atoms with E-state index in [1.807, 2.05) is 4.90 Å². The summed E-state index contributed by atoms with van der Waals surface area (Å²) in [4.78, 5) is 24.5. The molecule has 1 saturated heterocycles. The molecule has 1 aliphatic carbocycles. The summed E-state index contributed by atoms with van der Waals surface area (Å²) in [5, 5.41) is 3.46. The molecule has 3 aliphatic rings. The Morgan fingerprint density at radius 2 is 1.92 bits per heavy atom. The van der Waals surface area contributed by atoms with Crippen molar-refractivity contribution >= 4 is 11.7 Å². The number of carbonyl (C=O) groups is 1. The highest BCUT2D eigenvalue weighted by atomic mass is 16.2. The molecular weight excluding hydrogens is 312 g/mol. The predicted molar refractivity (Wildman–Crippen MR) is 98.9 cm³/mol. The molecule has 4 rings (SSSR count). The molecule has 2 aliphatic heterocycles. The van der Waals surface area contributed by atoms with Crippen molar-refractivity contribution in [1.82, 2.24) is 15.3 Å². The number of carbonyl (C=O) groups excluding carboxylic acids is 1. The van der Waals surface area contributed by atoms with Crippen LogP contribution in [0.5, 0.6) is 0 Å². The van der Waals surface area contributed by atoms with Crippen LogP contribution in [0.1, 0.15) is 74.4 Å². The van der Waals surface area contributed by atoms with Crippen molar-refractivity contribution in [3.63, 3.8) is 0 Å². The van der Waals surface area contributed by atoms with E-state index < -0.39 is 0 Å². The maximum Gasteiger partial charge on any atom is 0.228 e. The van der Waals surface area contributed by atoms with Crippen molar-refractivity contribution < 1.29 is 4.79 Å². The summed E-state index contributed by atoms with van der Waals surface area (Å²) in [7, 11) is 0. The van der Waals surface area contributed by atoms with E-state index >= 15 is 0 Å². The van der Waals surface area contributed by atoms with Crippen LogP contribution < -0.4 is 10.2 Å². The first kappa shape index (κ1) is 17.0. The van der Waals surface area contributed by atoms with Crippen LogP contribution in [0.3, 0.4) is 0 Å². The van der Waals surface area contributed by atoms with Crippen LogP contribution in [0, 0.1) is 12.8 Å². The number of anilines is 1. The zero-order valence-corrected chi connectivity index (χ0v) is 15.4. The molecule has 1 atom stereocenters. The van der Waals surface area contributed by atoms with Gasteiger partial charge in [-0.1, -0.05) is 19.3 Å². The summed E-state index contributed by atoms with van der Waals surface area (Å²) in [6.07, 6.45) is 10.2. The topological polar surface area (TPSA) is 58.1 Å². The van der Waals surface area contributed by atoms with Gasteiger partial charge >= 0.3 is 0 Å². The van der Waals surface area contributed by atoms with E-state index in [0.29, 0.717) is 18.3 Å². The highest BCUT2D eigenvalue weighted by Gasteiger charge is 2.31. The van der Waals surface area contributed by atoms with Crippen LogP contribution in [0.15, 0.2) is 0 Å². The Kier molecular flexibility index (Phi) is 5.02. The third kappa shape index (κ3) is 3.57.